The molecule has 2 heterocycles. The van der Waals surface area contributed by atoms with Crippen molar-refractivity contribution < 1.29 is 4.74 Å². The molecule has 0 atom stereocenters. The average molecular weight is 381 g/mol. The molecule has 0 aliphatic carbocycles. The van der Waals surface area contributed by atoms with E-state index in [1.54, 1.807) is 0 Å². The van der Waals surface area contributed by atoms with Crippen LogP contribution in [0.15, 0.2) is 39.3 Å². The predicted molar refractivity (Wildman–Crippen MR) is 83.7 cm³/mol. The van der Waals surface area contributed by atoms with Gasteiger partial charge in [-0.25, -0.2) is 0 Å². The molecule has 2 aliphatic rings. The standard InChI is InChI=1S/C15H11Br2NO/c16-10-3-4-12-13(7-10)19-14-8-11(17)6-9-2-1-5-18(12)15(9)14/h3-4,6-8H,1-2,5H2. The van der Waals surface area contributed by atoms with Crippen molar-refractivity contribution in [3.05, 3.63) is 44.8 Å². The van der Waals surface area contributed by atoms with Crippen molar-refractivity contribution in [3.63, 3.8) is 0 Å². The van der Waals surface area contributed by atoms with Crippen LogP contribution in [-0.2, 0) is 6.42 Å². The third kappa shape index (κ3) is 1.81. The summed E-state index contributed by atoms with van der Waals surface area (Å²) >= 11 is 7.08. The summed E-state index contributed by atoms with van der Waals surface area (Å²) in [6.07, 6.45) is 2.30. The zero-order valence-corrected chi connectivity index (χ0v) is 13.3. The Morgan fingerprint density at radius 1 is 1.00 bits per heavy atom. The summed E-state index contributed by atoms with van der Waals surface area (Å²) in [5.41, 5.74) is 3.77. The lowest BCUT2D eigenvalue weighted by Crippen LogP contribution is -2.27. The second-order valence-electron chi connectivity index (χ2n) is 4.88. The van der Waals surface area contributed by atoms with E-state index in [4.69, 9.17) is 4.74 Å². The lowest BCUT2D eigenvalue weighted by atomic mass is 9.99. The molecule has 2 aromatic carbocycles. The van der Waals surface area contributed by atoms with Gasteiger partial charge in [0.25, 0.3) is 0 Å². The zero-order chi connectivity index (χ0) is 13.0. The second kappa shape index (κ2) is 4.25. The Morgan fingerprint density at radius 2 is 1.84 bits per heavy atom. The molecule has 2 nitrogen and oxygen atoms in total. The van der Waals surface area contributed by atoms with Gasteiger partial charge in [0.15, 0.2) is 11.5 Å². The molecule has 0 unspecified atom stereocenters. The molecular weight excluding hydrogens is 370 g/mol. The molecule has 0 radical (unpaired) electrons. The molecule has 0 saturated heterocycles. The van der Waals surface area contributed by atoms with Gasteiger partial charge in [0.05, 0.1) is 11.4 Å². The number of nitrogens with zero attached hydrogens (tertiary/aromatic N) is 1. The van der Waals surface area contributed by atoms with E-state index in [-0.39, 0.29) is 0 Å². The first-order chi connectivity index (χ1) is 9.22. The second-order valence-corrected chi connectivity index (χ2v) is 6.71. The van der Waals surface area contributed by atoms with Gasteiger partial charge in [-0.3, -0.25) is 0 Å². The molecule has 0 saturated carbocycles. The van der Waals surface area contributed by atoms with Crippen LogP contribution in [0.2, 0.25) is 0 Å². The van der Waals surface area contributed by atoms with Crippen LogP contribution < -0.4 is 9.64 Å². The van der Waals surface area contributed by atoms with Crippen LogP contribution in [0.4, 0.5) is 11.4 Å². The van der Waals surface area contributed by atoms with E-state index < -0.39 is 0 Å². The minimum atomic E-state index is 0.924. The Kier molecular flexibility index (Phi) is 2.64. The van der Waals surface area contributed by atoms with Crippen molar-refractivity contribution in [1.29, 1.82) is 0 Å². The van der Waals surface area contributed by atoms with E-state index in [1.165, 1.54) is 23.4 Å². The molecule has 2 aromatic rings. The fourth-order valence-electron chi connectivity index (χ4n) is 2.89. The van der Waals surface area contributed by atoms with Gasteiger partial charge in [0.1, 0.15) is 0 Å². The first kappa shape index (κ1) is 11.8. The Hall–Kier alpha value is -1.00. The van der Waals surface area contributed by atoms with E-state index in [0.717, 1.165) is 33.4 Å². The number of anilines is 2. The molecule has 0 spiro atoms. The lowest BCUT2D eigenvalue weighted by molar-refractivity contribution is 0.468. The molecule has 0 bridgehead atoms. The normalized spacial score (nSPS) is 15.6. The van der Waals surface area contributed by atoms with Crippen molar-refractivity contribution in [2.75, 3.05) is 11.4 Å². The van der Waals surface area contributed by atoms with E-state index in [1.807, 2.05) is 6.07 Å². The molecule has 4 rings (SSSR count). The quantitative estimate of drug-likeness (QED) is 0.606. The van der Waals surface area contributed by atoms with Gasteiger partial charge in [0, 0.05) is 15.5 Å². The number of benzene rings is 2. The van der Waals surface area contributed by atoms with Gasteiger partial charge in [0.2, 0.25) is 0 Å². The van der Waals surface area contributed by atoms with Gasteiger partial charge in [-0.15, -0.1) is 0 Å². The van der Waals surface area contributed by atoms with Crippen LogP contribution in [0.5, 0.6) is 11.5 Å². The summed E-state index contributed by atoms with van der Waals surface area (Å²) in [5.74, 6) is 1.88. The number of hydrogen-bond acceptors (Lipinski definition) is 2. The van der Waals surface area contributed by atoms with E-state index in [2.05, 4.69) is 61.0 Å². The molecule has 4 heteroatoms. The highest BCUT2D eigenvalue weighted by Gasteiger charge is 2.29. The number of fused-ring (bicyclic) bond motifs is 2. The predicted octanol–water partition coefficient (Wildman–Crippen LogP) is 5.40. The summed E-state index contributed by atoms with van der Waals surface area (Å²) in [4.78, 5) is 2.38. The molecule has 0 fully saturated rings. The lowest BCUT2D eigenvalue weighted by Gasteiger charge is -2.37. The minimum Gasteiger partial charge on any atom is -0.453 e. The number of rotatable bonds is 0. The summed E-state index contributed by atoms with van der Waals surface area (Å²) in [6.45, 7) is 1.06. The Morgan fingerprint density at radius 3 is 2.74 bits per heavy atom. The van der Waals surface area contributed by atoms with Crippen molar-refractivity contribution in [1.82, 2.24) is 0 Å². The van der Waals surface area contributed by atoms with Crippen molar-refractivity contribution in [3.8, 4) is 11.5 Å². The Bertz CT molecular complexity index is 684. The summed E-state index contributed by atoms with van der Waals surface area (Å²) in [7, 11) is 0. The third-order valence-electron chi connectivity index (χ3n) is 3.65. The first-order valence-corrected chi connectivity index (χ1v) is 7.88. The Labute approximate surface area is 128 Å². The average Bonchev–Trinajstić information content (AvgIpc) is 2.38. The van der Waals surface area contributed by atoms with Gasteiger partial charge in [-0.1, -0.05) is 31.9 Å². The van der Waals surface area contributed by atoms with Crippen LogP contribution in [-0.4, -0.2) is 6.54 Å². The molecule has 96 valence electrons. The Balaban J connectivity index is 1.97. The van der Waals surface area contributed by atoms with E-state index in [0.29, 0.717) is 0 Å². The van der Waals surface area contributed by atoms with Crippen LogP contribution in [0.3, 0.4) is 0 Å². The summed E-state index contributed by atoms with van der Waals surface area (Å²) in [5, 5.41) is 0. The third-order valence-corrected chi connectivity index (χ3v) is 4.60. The highest BCUT2D eigenvalue weighted by molar-refractivity contribution is 9.10. The smallest absolute Gasteiger partial charge is 0.152 e. The number of halogens is 2. The van der Waals surface area contributed by atoms with Gasteiger partial charge in [-0.05, 0) is 48.7 Å². The zero-order valence-electron chi connectivity index (χ0n) is 10.1. The SMILES string of the molecule is Brc1ccc2c(c1)Oc1cc(Br)cc3c1N2CCC3. The fraction of sp³-hybridized carbons (Fsp3) is 0.200. The molecule has 0 amide bonds. The fourth-order valence-corrected chi connectivity index (χ4v) is 3.72. The maximum Gasteiger partial charge on any atom is 0.152 e. The number of ether oxygens (including phenoxy) is 1. The van der Waals surface area contributed by atoms with Gasteiger partial charge < -0.3 is 9.64 Å². The van der Waals surface area contributed by atoms with Crippen molar-refractivity contribution >= 4 is 43.2 Å². The minimum absolute atomic E-state index is 0.924. The van der Waals surface area contributed by atoms with Crippen LogP contribution >= 0.6 is 31.9 Å². The van der Waals surface area contributed by atoms with Crippen molar-refractivity contribution in [2.24, 2.45) is 0 Å². The topological polar surface area (TPSA) is 12.5 Å². The highest BCUT2D eigenvalue weighted by atomic mass is 79.9. The number of aryl methyl sites for hydroxylation is 1. The van der Waals surface area contributed by atoms with E-state index >= 15 is 0 Å². The highest BCUT2D eigenvalue weighted by Crippen LogP contribution is 2.51. The molecular formula is C15H11Br2NO. The van der Waals surface area contributed by atoms with E-state index in [9.17, 15) is 0 Å². The maximum absolute atomic E-state index is 6.08. The molecule has 2 aliphatic heterocycles. The summed E-state index contributed by atoms with van der Waals surface area (Å²) < 4.78 is 8.21. The molecule has 19 heavy (non-hydrogen) atoms. The van der Waals surface area contributed by atoms with Gasteiger partial charge in [-0.2, -0.15) is 0 Å². The van der Waals surface area contributed by atoms with Crippen LogP contribution in [0, 0.1) is 0 Å². The number of hydrogen-bond donors (Lipinski definition) is 0. The van der Waals surface area contributed by atoms with Crippen LogP contribution in [0.1, 0.15) is 12.0 Å². The maximum atomic E-state index is 6.08. The summed E-state index contributed by atoms with van der Waals surface area (Å²) in [6, 6.07) is 10.5. The molecule has 0 aromatic heterocycles. The molecule has 0 N–H and O–H groups in total. The monoisotopic (exact) mass is 379 g/mol. The van der Waals surface area contributed by atoms with Gasteiger partial charge >= 0.3 is 0 Å². The van der Waals surface area contributed by atoms with Crippen LogP contribution in [0.25, 0.3) is 0 Å². The van der Waals surface area contributed by atoms with Crippen molar-refractivity contribution in [2.45, 2.75) is 12.8 Å². The largest absolute Gasteiger partial charge is 0.453 e. The first-order valence-electron chi connectivity index (χ1n) is 6.30.